The van der Waals surface area contributed by atoms with E-state index in [0.717, 1.165) is 11.6 Å². The van der Waals surface area contributed by atoms with Gasteiger partial charge in [-0.05, 0) is 48.4 Å². The fourth-order valence-corrected chi connectivity index (χ4v) is 5.02. The SMILES string of the molecule is Cc1cccc2c(C(=O)N3CCC(c4cc(CNC(=O)C(F)(F)F)ccc4F)CC3)cn(CCOC(F)(F)F)c12. The predicted molar refractivity (Wildman–Crippen MR) is 131 cm³/mol. The number of amides is 2. The number of aryl methyl sites for hydroxylation is 1. The van der Waals surface area contributed by atoms with Crippen molar-refractivity contribution in [2.45, 2.75) is 51.3 Å². The average molecular weight is 574 g/mol. The highest BCUT2D eigenvalue weighted by atomic mass is 19.4. The van der Waals surface area contributed by atoms with E-state index < -0.39 is 37.4 Å². The molecule has 2 amide bonds. The number of halogens is 7. The summed E-state index contributed by atoms with van der Waals surface area (Å²) >= 11 is 0. The van der Waals surface area contributed by atoms with Gasteiger partial charge in [-0.1, -0.05) is 30.3 Å². The van der Waals surface area contributed by atoms with Crippen LogP contribution >= 0.6 is 0 Å². The average Bonchev–Trinajstić information content (AvgIpc) is 3.26. The van der Waals surface area contributed by atoms with Crippen LogP contribution < -0.4 is 5.32 Å². The molecule has 2 heterocycles. The van der Waals surface area contributed by atoms with E-state index in [2.05, 4.69) is 4.74 Å². The maximum absolute atomic E-state index is 14.6. The van der Waals surface area contributed by atoms with Crippen LogP contribution in [0.3, 0.4) is 0 Å². The van der Waals surface area contributed by atoms with Crippen molar-refractivity contribution in [1.82, 2.24) is 14.8 Å². The normalized spacial score (nSPS) is 15.1. The lowest BCUT2D eigenvalue weighted by atomic mass is 9.88. The number of ether oxygens (including phenoxy) is 1. The zero-order valence-corrected chi connectivity index (χ0v) is 21.3. The molecule has 1 aromatic heterocycles. The number of nitrogens with zero attached hydrogens (tertiary/aromatic N) is 2. The summed E-state index contributed by atoms with van der Waals surface area (Å²) in [4.78, 5) is 26.2. The molecular formula is C27H26F7N3O3. The van der Waals surface area contributed by atoms with E-state index >= 15 is 0 Å². The van der Waals surface area contributed by atoms with Gasteiger partial charge >= 0.3 is 18.4 Å². The van der Waals surface area contributed by atoms with E-state index in [0.29, 0.717) is 40.4 Å². The molecule has 0 spiro atoms. The summed E-state index contributed by atoms with van der Waals surface area (Å²) in [7, 11) is 0. The van der Waals surface area contributed by atoms with Crippen LogP contribution in [0.2, 0.25) is 0 Å². The topological polar surface area (TPSA) is 63.6 Å². The van der Waals surface area contributed by atoms with Crippen molar-refractivity contribution in [2.24, 2.45) is 0 Å². The zero-order chi connectivity index (χ0) is 29.2. The molecule has 0 atom stereocenters. The van der Waals surface area contributed by atoms with Crippen LogP contribution in [0.4, 0.5) is 30.7 Å². The number of nitrogens with one attached hydrogen (secondary N) is 1. The van der Waals surface area contributed by atoms with E-state index in [4.69, 9.17) is 0 Å². The third kappa shape index (κ3) is 6.75. The van der Waals surface area contributed by atoms with Crippen LogP contribution in [0.1, 0.15) is 45.8 Å². The number of benzene rings is 2. The van der Waals surface area contributed by atoms with Crippen LogP contribution in [0.5, 0.6) is 0 Å². The van der Waals surface area contributed by atoms with E-state index in [1.807, 2.05) is 0 Å². The molecular weight excluding hydrogens is 547 g/mol. The minimum Gasteiger partial charge on any atom is -0.344 e. The molecule has 4 rings (SSSR count). The van der Waals surface area contributed by atoms with Crippen LogP contribution in [-0.2, 0) is 22.6 Å². The Kier molecular flexibility index (Phi) is 8.43. The largest absolute Gasteiger partial charge is 0.522 e. The van der Waals surface area contributed by atoms with Crippen molar-refractivity contribution in [3.05, 3.63) is 70.7 Å². The predicted octanol–water partition coefficient (Wildman–Crippen LogP) is 5.82. The summed E-state index contributed by atoms with van der Waals surface area (Å²) < 4.78 is 94.9. The summed E-state index contributed by atoms with van der Waals surface area (Å²) in [5, 5.41) is 2.36. The molecule has 0 aliphatic carbocycles. The molecule has 40 heavy (non-hydrogen) atoms. The Balaban J connectivity index is 1.45. The second-order valence-corrected chi connectivity index (χ2v) is 9.60. The first kappa shape index (κ1) is 29.4. The van der Waals surface area contributed by atoms with Gasteiger partial charge in [0, 0.05) is 37.8 Å². The molecule has 0 radical (unpaired) electrons. The molecule has 13 heteroatoms. The Labute approximate surface area is 224 Å². The molecule has 216 valence electrons. The molecule has 2 aromatic carbocycles. The van der Waals surface area contributed by atoms with Gasteiger partial charge in [-0.2, -0.15) is 13.2 Å². The molecule has 6 nitrogen and oxygen atoms in total. The van der Waals surface area contributed by atoms with Gasteiger partial charge in [-0.25, -0.2) is 4.39 Å². The summed E-state index contributed by atoms with van der Waals surface area (Å²) in [6.07, 6.45) is -7.50. The first-order valence-corrected chi connectivity index (χ1v) is 12.5. The summed E-state index contributed by atoms with van der Waals surface area (Å²) in [6, 6.07) is 9.13. The Bertz CT molecular complexity index is 1390. The van der Waals surface area contributed by atoms with Gasteiger partial charge in [0.2, 0.25) is 0 Å². The third-order valence-corrected chi connectivity index (χ3v) is 6.92. The van der Waals surface area contributed by atoms with Crippen molar-refractivity contribution in [2.75, 3.05) is 19.7 Å². The van der Waals surface area contributed by atoms with Gasteiger partial charge in [-0.3, -0.25) is 14.3 Å². The van der Waals surface area contributed by atoms with Crippen molar-refractivity contribution >= 4 is 22.7 Å². The number of carbonyl (C=O) groups excluding carboxylic acids is 2. The van der Waals surface area contributed by atoms with E-state index in [-0.39, 0.29) is 31.5 Å². The maximum atomic E-state index is 14.6. The Morgan fingerprint density at radius 2 is 1.75 bits per heavy atom. The van der Waals surface area contributed by atoms with Crippen molar-refractivity contribution in [3.63, 3.8) is 0 Å². The number of likely N-dealkylation sites (tertiary alicyclic amines) is 1. The lowest BCUT2D eigenvalue weighted by Crippen LogP contribution is -2.38. The zero-order valence-electron chi connectivity index (χ0n) is 21.3. The molecule has 0 unspecified atom stereocenters. The van der Waals surface area contributed by atoms with Gasteiger partial charge in [0.15, 0.2) is 0 Å². The minimum absolute atomic E-state index is 0.116. The molecule has 0 bridgehead atoms. The van der Waals surface area contributed by atoms with Crippen molar-refractivity contribution < 1.29 is 45.1 Å². The fraction of sp³-hybridized carbons (Fsp3) is 0.407. The van der Waals surface area contributed by atoms with Crippen LogP contribution in [0.25, 0.3) is 10.9 Å². The quantitative estimate of drug-likeness (QED) is 0.363. The number of carbonyl (C=O) groups is 2. The lowest BCUT2D eigenvalue weighted by Gasteiger charge is -2.32. The number of aromatic nitrogens is 1. The highest BCUT2D eigenvalue weighted by Gasteiger charge is 2.38. The molecule has 1 aliphatic heterocycles. The minimum atomic E-state index is -5.02. The standard InChI is InChI=1S/C27H26F7N3O3/c1-16-3-2-4-19-21(15-37(23(16)19)11-12-40-27(32,33)34)24(38)36-9-7-18(8-10-36)20-13-17(5-6-22(20)28)14-35-25(39)26(29,30)31/h2-6,13,15,18H,7-12,14H2,1H3,(H,35,39). The summed E-state index contributed by atoms with van der Waals surface area (Å²) in [6.45, 7) is 1.18. The Hall–Kier alpha value is -3.61. The summed E-state index contributed by atoms with van der Waals surface area (Å²) in [5.74, 6) is -3.23. The first-order chi connectivity index (χ1) is 18.7. The van der Waals surface area contributed by atoms with Gasteiger partial charge in [0.05, 0.1) is 17.7 Å². The van der Waals surface area contributed by atoms with Gasteiger partial charge in [0.1, 0.15) is 5.82 Å². The number of alkyl halides is 6. The Morgan fingerprint density at radius 3 is 2.40 bits per heavy atom. The molecule has 1 N–H and O–H groups in total. The second-order valence-electron chi connectivity index (χ2n) is 9.60. The monoisotopic (exact) mass is 573 g/mol. The van der Waals surface area contributed by atoms with Crippen molar-refractivity contribution in [3.8, 4) is 0 Å². The van der Waals surface area contributed by atoms with Crippen LogP contribution in [0.15, 0.2) is 42.6 Å². The van der Waals surface area contributed by atoms with Gasteiger partial charge in [0.25, 0.3) is 5.91 Å². The maximum Gasteiger partial charge on any atom is 0.522 e. The van der Waals surface area contributed by atoms with Crippen LogP contribution in [0, 0.1) is 12.7 Å². The molecule has 0 saturated carbocycles. The number of piperidine rings is 1. The summed E-state index contributed by atoms with van der Waals surface area (Å²) in [5.41, 5.74) is 2.35. The second kappa shape index (κ2) is 11.5. The highest BCUT2D eigenvalue weighted by Crippen LogP contribution is 2.33. The molecule has 1 saturated heterocycles. The van der Waals surface area contributed by atoms with E-state index in [1.165, 1.54) is 18.3 Å². The Morgan fingerprint density at radius 1 is 1.05 bits per heavy atom. The number of hydrogen-bond donors (Lipinski definition) is 1. The number of rotatable bonds is 7. The lowest BCUT2D eigenvalue weighted by molar-refractivity contribution is -0.325. The van der Waals surface area contributed by atoms with E-state index in [9.17, 15) is 40.3 Å². The molecule has 1 aliphatic rings. The van der Waals surface area contributed by atoms with E-state index in [1.54, 1.807) is 39.9 Å². The smallest absolute Gasteiger partial charge is 0.344 e. The first-order valence-electron chi connectivity index (χ1n) is 12.5. The number of hydrogen-bond acceptors (Lipinski definition) is 3. The highest BCUT2D eigenvalue weighted by molar-refractivity contribution is 6.07. The number of fused-ring (bicyclic) bond motifs is 1. The third-order valence-electron chi connectivity index (χ3n) is 6.92. The molecule has 1 fully saturated rings. The molecule has 3 aromatic rings. The van der Waals surface area contributed by atoms with Gasteiger partial charge in [-0.15, -0.1) is 13.2 Å². The van der Waals surface area contributed by atoms with Gasteiger partial charge < -0.3 is 14.8 Å². The number of para-hydroxylation sites is 1. The van der Waals surface area contributed by atoms with Crippen LogP contribution in [-0.4, -0.2) is 53.5 Å². The van der Waals surface area contributed by atoms with Crippen molar-refractivity contribution in [1.29, 1.82) is 0 Å². The fourth-order valence-electron chi connectivity index (χ4n) is 5.02.